The first-order valence-electron chi connectivity index (χ1n) is 6.78. The minimum atomic E-state index is 0.664. The molecule has 0 saturated heterocycles. The molecule has 0 bridgehead atoms. The normalized spacial score (nSPS) is 16.7. The number of rotatable bonds is 3. The molecule has 2 N–H and O–H groups in total. The van der Waals surface area contributed by atoms with Gasteiger partial charge in [0.05, 0.1) is 5.69 Å². The van der Waals surface area contributed by atoms with Crippen LogP contribution in [0.1, 0.15) is 32.1 Å². The predicted octanol–water partition coefficient (Wildman–Crippen LogP) is 3.82. The van der Waals surface area contributed by atoms with Crippen LogP contribution in [-0.4, -0.2) is 16.2 Å². The molecule has 0 unspecified atom stereocenters. The molecule has 0 aliphatic heterocycles. The average Bonchev–Trinajstić information content (AvgIpc) is 2.95. The fourth-order valence-corrected chi connectivity index (χ4v) is 2.65. The lowest BCUT2D eigenvalue weighted by Crippen LogP contribution is -2.22. The lowest BCUT2D eigenvalue weighted by atomic mass is 9.95. The number of benzene rings is 1. The van der Waals surface area contributed by atoms with Crippen molar-refractivity contribution in [3.8, 4) is 11.3 Å². The van der Waals surface area contributed by atoms with Crippen LogP contribution in [0.2, 0.25) is 0 Å². The molecule has 0 atom stereocenters. The number of hydrogen-bond acceptors (Lipinski definition) is 2. The molecule has 1 fully saturated rings. The zero-order chi connectivity index (χ0) is 12.2. The number of hydrogen-bond donors (Lipinski definition) is 2. The maximum absolute atomic E-state index is 3.97. The molecule has 1 heterocycles. The van der Waals surface area contributed by atoms with E-state index < -0.39 is 0 Å². The van der Waals surface area contributed by atoms with Gasteiger partial charge in [-0.3, -0.25) is 5.10 Å². The minimum absolute atomic E-state index is 0.664. The van der Waals surface area contributed by atoms with Crippen molar-refractivity contribution in [1.29, 1.82) is 0 Å². The molecule has 1 aliphatic rings. The number of aromatic amines is 1. The first-order chi connectivity index (χ1) is 8.92. The van der Waals surface area contributed by atoms with Gasteiger partial charge in [0.15, 0.2) is 0 Å². The first-order valence-corrected chi connectivity index (χ1v) is 6.78. The first kappa shape index (κ1) is 11.3. The Labute approximate surface area is 108 Å². The van der Waals surface area contributed by atoms with Crippen LogP contribution in [0.15, 0.2) is 36.5 Å². The van der Waals surface area contributed by atoms with E-state index >= 15 is 0 Å². The highest BCUT2D eigenvalue weighted by atomic mass is 15.1. The monoisotopic (exact) mass is 241 g/mol. The molecule has 18 heavy (non-hydrogen) atoms. The van der Waals surface area contributed by atoms with E-state index in [1.54, 1.807) is 6.20 Å². The van der Waals surface area contributed by atoms with Crippen LogP contribution in [0.4, 0.5) is 5.69 Å². The molecule has 1 aliphatic carbocycles. The van der Waals surface area contributed by atoms with Crippen LogP contribution < -0.4 is 5.32 Å². The predicted molar refractivity (Wildman–Crippen MR) is 74.5 cm³/mol. The summed E-state index contributed by atoms with van der Waals surface area (Å²) in [5.41, 5.74) is 3.48. The Bertz CT molecular complexity index is 467. The Morgan fingerprint density at radius 1 is 1.00 bits per heavy atom. The highest BCUT2D eigenvalue weighted by molar-refractivity contribution is 5.62. The molecule has 94 valence electrons. The molecule has 1 saturated carbocycles. The lowest BCUT2D eigenvalue weighted by Gasteiger charge is -2.23. The van der Waals surface area contributed by atoms with Crippen LogP contribution in [0.3, 0.4) is 0 Å². The fourth-order valence-electron chi connectivity index (χ4n) is 2.65. The van der Waals surface area contributed by atoms with Crippen LogP contribution in [0, 0.1) is 0 Å². The van der Waals surface area contributed by atoms with Crippen molar-refractivity contribution in [2.45, 2.75) is 38.1 Å². The number of H-pyrrole nitrogens is 1. The number of anilines is 1. The topological polar surface area (TPSA) is 40.7 Å². The third-order valence-electron chi connectivity index (χ3n) is 3.67. The molecule has 2 aromatic rings. The van der Waals surface area contributed by atoms with E-state index in [2.05, 4.69) is 39.8 Å². The SMILES string of the molecule is c1cc(-c2ccc(NC3CCCCC3)cc2)[nH]n1. The quantitative estimate of drug-likeness (QED) is 0.857. The number of nitrogens with one attached hydrogen (secondary N) is 2. The van der Waals surface area contributed by atoms with Crippen molar-refractivity contribution in [2.24, 2.45) is 0 Å². The van der Waals surface area contributed by atoms with Crippen molar-refractivity contribution < 1.29 is 0 Å². The van der Waals surface area contributed by atoms with Crippen molar-refractivity contribution in [3.05, 3.63) is 36.5 Å². The highest BCUT2D eigenvalue weighted by Gasteiger charge is 2.12. The summed E-state index contributed by atoms with van der Waals surface area (Å²) < 4.78 is 0. The molecule has 3 nitrogen and oxygen atoms in total. The van der Waals surface area contributed by atoms with E-state index in [4.69, 9.17) is 0 Å². The fraction of sp³-hybridized carbons (Fsp3) is 0.400. The van der Waals surface area contributed by atoms with Crippen molar-refractivity contribution >= 4 is 5.69 Å². The van der Waals surface area contributed by atoms with Gasteiger partial charge in [0.25, 0.3) is 0 Å². The molecular weight excluding hydrogens is 222 g/mol. The van der Waals surface area contributed by atoms with Crippen LogP contribution in [0.5, 0.6) is 0 Å². The average molecular weight is 241 g/mol. The van der Waals surface area contributed by atoms with Gasteiger partial charge in [0, 0.05) is 17.9 Å². The molecule has 0 amide bonds. The van der Waals surface area contributed by atoms with Crippen molar-refractivity contribution in [1.82, 2.24) is 10.2 Å². The van der Waals surface area contributed by atoms with Crippen LogP contribution in [0.25, 0.3) is 11.3 Å². The molecule has 1 aromatic heterocycles. The molecule has 1 aromatic carbocycles. The number of aromatic nitrogens is 2. The van der Waals surface area contributed by atoms with Gasteiger partial charge in [0.2, 0.25) is 0 Å². The molecular formula is C15H19N3. The van der Waals surface area contributed by atoms with Crippen LogP contribution >= 0.6 is 0 Å². The van der Waals surface area contributed by atoms with Gasteiger partial charge in [-0.25, -0.2) is 0 Å². The van der Waals surface area contributed by atoms with Gasteiger partial charge in [-0.15, -0.1) is 0 Å². The molecule has 3 heteroatoms. The Hall–Kier alpha value is -1.77. The summed E-state index contributed by atoms with van der Waals surface area (Å²) in [6.07, 6.45) is 8.53. The summed E-state index contributed by atoms with van der Waals surface area (Å²) in [7, 11) is 0. The summed E-state index contributed by atoms with van der Waals surface area (Å²) >= 11 is 0. The standard InChI is InChI=1S/C15H19N3/c1-2-4-13(5-3-1)17-14-8-6-12(7-9-14)15-10-11-16-18-15/h6-11,13,17H,1-5H2,(H,16,18). The second-order valence-corrected chi connectivity index (χ2v) is 5.03. The Morgan fingerprint density at radius 3 is 2.44 bits per heavy atom. The second-order valence-electron chi connectivity index (χ2n) is 5.03. The van der Waals surface area contributed by atoms with Crippen molar-refractivity contribution in [3.63, 3.8) is 0 Å². The Kier molecular flexibility index (Phi) is 3.31. The highest BCUT2D eigenvalue weighted by Crippen LogP contribution is 2.23. The molecule has 0 spiro atoms. The van der Waals surface area contributed by atoms with Gasteiger partial charge in [-0.2, -0.15) is 5.10 Å². The maximum Gasteiger partial charge on any atom is 0.0650 e. The summed E-state index contributed by atoms with van der Waals surface area (Å²) in [4.78, 5) is 0. The van der Waals surface area contributed by atoms with E-state index in [-0.39, 0.29) is 0 Å². The smallest absolute Gasteiger partial charge is 0.0650 e. The third-order valence-corrected chi connectivity index (χ3v) is 3.67. The van der Waals surface area contributed by atoms with Crippen molar-refractivity contribution in [2.75, 3.05) is 5.32 Å². The molecule has 0 radical (unpaired) electrons. The Balaban J connectivity index is 1.67. The second kappa shape index (κ2) is 5.25. The van der Waals surface area contributed by atoms with E-state index in [0.717, 1.165) is 5.69 Å². The van der Waals surface area contributed by atoms with Gasteiger partial charge in [-0.1, -0.05) is 31.4 Å². The molecule has 3 rings (SSSR count). The summed E-state index contributed by atoms with van der Waals surface area (Å²) in [5, 5.41) is 10.6. The van der Waals surface area contributed by atoms with Crippen LogP contribution in [-0.2, 0) is 0 Å². The van der Waals surface area contributed by atoms with Gasteiger partial charge < -0.3 is 5.32 Å². The maximum atomic E-state index is 3.97. The van der Waals surface area contributed by atoms with Gasteiger partial charge in [-0.05, 0) is 36.6 Å². The van der Waals surface area contributed by atoms with E-state index in [1.165, 1.54) is 43.4 Å². The van der Waals surface area contributed by atoms with E-state index in [9.17, 15) is 0 Å². The zero-order valence-corrected chi connectivity index (χ0v) is 10.5. The van der Waals surface area contributed by atoms with Gasteiger partial charge >= 0.3 is 0 Å². The minimum Gasteiger partial charge on any atom is -0.382 e. The van der Waals surface area contributed by atoms with E-state index in [0.29, 0.717) is 6.04 Å². The largest absolute Gasteiger partial charge is 0.382 e. The number of nitrogens with zero attached hydrogens (tertiary/aromatic N) is 1. The summed E-state index contributed by atoms with van der Waals surface area (Å²) in [5.74, 6) is 0. The Morgan fingerprint density at radius 2 is 1.78 bits per heavy atom. The van der Waals surface area contributed by atoms with E-state index in [1.807, 2.05) is 6.07 Å². The summed E-state index contributed by atoms with van der Waals surface area (Å²) in [6, 6.07) is 11.2. The summed E-state index contributed by atoms with van der Waals surface area (Å²) in [6.45, 7) is 0. The lowest BCUT2D eigenvalue weighted by molar-refractivity contribution is 0.463. The van der Waals surface area contributed by atoms with Gasteiger partial charge in [0.1, 0.15) is 0 Å². The zero-order valence-electron chi connectivity index (χ0n) is 10.5. The third kappa shape index (κ3) is 2.55.